The van der Waals surface area contributed by atoms with Crippen molar-refractivity contribution < 1.29 is 41.9 Å². The van der Waals surface area contributed by atoms with Gasteiger partial charge >= 0.3 is 12.2 Å². The quantitative estimate of drug-likeness (QED) is 0.279. The summed E-state index contributed by atoms with van der Waals surface area (Å²) in [6.45, 7) is 14.0. The van der Waals surface area contributed by atoms with Crippen molar-refractivity contribution in [1.82, 2.24) is 20.3 Å². The number of amides is 5. The van der Waals surface area contributed by atoms with Gasteiger partial charge in [0.1, 0.15) is 29.3 Å². The molecule has 1 aromatic carbocycles. The standard InChI is InChI=1S/C38H54ClN5O9S/c1-21-11-9-10-12-25-19-38(25,33(47)43-54(50,51)37(8)13-14-37)42-31(45)28-18-26(52-34(48)40-29-23(3)16-22(2)17-27(29)39)20-44(28)32(46)30(24(4)15-21)41-35(49)53-36(5,6)7/h10,12,16-17,21,24-26,28,30H,9,11,13-15,18-20H2,1-8H3,(H,40,48)(H,41,49)(H,42,45)(H,43,47). The zero-order chi connectivity index (χ0) is 40.0. The van der Waals surface area contributed by atoms with Gasteiger partial charge in [-0.15, -0.1) is 0 Å². The number of halogens is 1. The van der Waals surface area contributed by atoms with Crippen molar-refractivity contribution in [1.29, 1.82) is 0 Å². The molecule has 7 unspecified atom stereocenters. The van der Waals surface area contributed by atoms with Crippen LogP contribution in [-0.2, 0) is 33.9 Å². The summed E-state index contributed by atoms with van der Waals surface area (Å²) >= 11 is 6.41. The third-order valence-corrected chi connectivity index (χ3v) is 13.3. The van der Waals surface area contributed by atoms with Crippen LogP contribution in [0.5, 0.6) is 0 Å². The average Bonchev–Trinajstić information content (AvgIpc) is 3.92. The van der Waals surface area contributed by atoms with E-state index in [-0.39, 0.29) is 25.3 Å². The Kier molecular flexibility index (Phi) is 11.7. The lowest BCUT2D eigenvalue weighted by molar-refractivity contribution is -0.142. The third-order valence-electron chi connectivity index (χ3n) is 10.9. The lowest BCUT2D eigenvalue weighted by atomic mass is 9.88. The lowest BCUT2D eigenvalue weighted by Crippen LogP contribution is -2.59. The minimum absolute atomic E-state index is 0.119. The van der Waals surface area contributed by atoms with Crippen LogP contribution in [0.4, 0.5) is 15.3 Å². The number of alkyl carbamates (subject to hydrolysis) is 1. The van der Waals surface area contributed by atoms with Gasteiger partial charge in [-0.3, -0.25) is 24.4 Å². The molecule has 3 fully saturated rings. The van der Waals surface area contributed by atoms with Gasteiger partial charge in [-0.25, -0.2) is 18.0 Å². The average molecular weight is 792 g/mol. The summed E-state index contributed by atoms with van der Waals surface area (Å²) < 4.78 is 38.7. The number of anilines is 1. The Morgan fingerprint density at radius 3 is 2.37 bits per heavy atom. The SMILES string of the molecule is Cc1cc(C)c(NC(=O)OC2CC3C(=O)NC4(C(=O)NS(=O)(=O)C5(C)CC5)CC4C=CCCC(C)CC(C)C(NC(=O)OC(C)(C)C)C(=O)N3C2)c(Cl)c1. The molecule has 2 saturated carbocycles. The van der Waals surface area contributed by atoms with Gasteiger partial charge in [0.2, 0.25) is 21.8 Å². The number of allylic oxidation sites excluding steroid dienone is 1. The Hall–Kier alpha value is -3.85. The Labute approximate surface area is 322 Å². The third kappa shape index (κ3) is 9.32. The lowest BCUT2D eigenvalue weighted by Gasteiger charge is -2.33. The fourth-order valence-corrected chi connectivity index (χ4v) is 9.07. The molecule has 0 aromatic heterocycles. The summed E-state index contributed by atoms with van der Waals surface area (Å²) in [5, 5.41) is 8.55. The highest BCUT2D eigenvalue weighted by Gasteiger charge is 2.63. The molecule has 2 aliphatic carbocycles. The fourth-order valence-electron chi connectivity index (χ4n) is 7.39. The molecule has 16 heteroatoms. The highest BCUT2D eigenvalue weighted by atomic mass is 35.5. The second-order valence-corrected chi connectivity index (χ2v) is 19.5. The molecule has 5 amide bonds. The maximum atomic E-state index is 14.6. The number of fused-ring (bicyclic) bond motifs is 2. The maximum Gasteiger partial charge on any atom is 0.412 e. The molecule has 0 bridgehead atoms. The van der Waals surface area contributed by atoms with Gasteiger partial charge in [0.25, 0.3) is 5.91 Å². The molecule has 2 heterocycles. The Morgan fingerprint density at radius 1 is 1.06 bits per heavy atom. The van der Waals surface area contributed by atoms with Crippen LogP contribution in [0.15, 0.2) is 24.3 Å². The number of rotatable bonds is 6. The van der Waals surface area contributed by atoms with Crippen LogP contribution >= 0.6 is 11.6 Å². The predicted molar refractivity (Wildman–Crippen MR) is 203 cm³/mol. The van der Waals surface area contributed by atoms with E-state index in [1.54, 1.807) is 40.7 Å². The van der Waals surface area contributed by atoms with E-state index in [0.29, 0.717) is 42.0 Å². The number of benzene rings is 1. The van der Waals surface area contributed by atoms with Gasteiger partial charge in [0.05, 0.1) is 22.0 Å². The summed E-state index contributed by atoms with van der Waals surface area (Å²) in [6, 6.07) is 1.18. The summed E-state index contributed by atoms with van der Waals surface area (Å²) in [5.41, 5.74) is -0.465. The van der Waals surface area contributed by atoms with E-state index in [1.807, 2.05) is 39.0 Å². The Morgan fingerprint density at radius 2 is 1.74 bits per heavy atom. The van der Waals surface area contributed by atoms with Crippen molar-refractivity contribution in [3.05, 3.63) is 40.4 Å². The Bertz CT molecular complexity index is 1800. The van der Waals surface area contributed by atoms with Gasteiger partial charge < -0.3 is 25.0 Å². The molecule has 0 radical (unpaired) electrons. The molecule has 14 nitrogen and oxygen atoms in total. The normalized spacial score (nSPS) is 29.7. The van der Waals surface area contributed by atoms with E-state index in [4.69, 9.17) is 21.1 Å². The van der Waals surface area contributed by atoms with E-state index in [0.717, 1.165) is 12.0 Å². The molecule has 4 N–H and O–H groups in total. The van der Waals surface area contributed by atoms with Crippen LogP contribution < -0.4 is 20.7 Å². The van der Waals surface area contributed by atoms with Crippen LogP contribution in [0.2, 0.25) is 5.02 Å². The second-order valence-electron chi connectivity index (χ2n) is 16.9. The van der Waals surface area contributed by atoms with E-state index >= 15 is 0 Å². The minimum Gasteiger partial charge on any atom is -0.444 e. The summed E-state index contributed by atoms with van der Waals surface area (Å²) in [7, 11) is -4.02. The number of hydrogen-bond acceptors (Lipinski definition) is 9. The highest BCUT2D eigenvalue weighted by molar-refractivity contribution is 7.91. The second kappa shape index (κ2) is 15.4. The largest absolute Gasteiger partial charge is 0.444 e. The van der Waals surface area contributed by atoms with E-state index in [1.165, 1.54) is 4.90 Å². The van der Waals surface area contributed by atoms with Crippen LogP contribution in [0.1, 0.15) is 97.6 Å². The number of sulfonamides is 1. The Balaban J connectivity index is 1.46. The summed E-state index contributed by atoms with van der Waals surface area (Å²) in [6.07, 6.45) is 3.92. The van der Waals surface area contributed by atoms with Crippen molar-refractivity contribution >= 4 is 57.2 Å². The fraction of sp³-hybridized carbons (Fsp3) is 0.658. The highest BCUT2D eigenvalue weighted by Crippen LogP contribution is 2.47. The minimum atomic E-state index is -4.02. The van der Waals surface area contributed by atoms with Gasteiger partial charge in [0, 0.05) is 12.3 Å². The molecule has 298 valence electrons. The van der Waals surface area contributed by atoms with Crippen molar-refractivity contribution in [2.24, 2.45) is 17.8 Å². The van der Waals surface area contributed by atoms with Gasteiger partial charge in [-0.05, 0) is 109 Å². The molecule has 4 aliphatic rings. The predicted octanol–water partition coefficient (Wildman–Crippen LogP) is 5.25. The van der Waals surface area contributed by atoms with Crippen molar-refractivity contribution in [2.45, 2.75) is 134 Å². The molecule has 0 spiro atoms. The number of ether oxygens (including phenoxy) is 2. The zero-order valence-electron chi connectivity index (χ0n) is 32.3. The molecular weight excluding hydrogens is 738 g/mol. The number of carbonyl (C=O) groups excluding carboxylic acids is 5. The van der Waals surface area contributed by atoms with Crippen molar-refractivity contribution in [2.75, 3.05) is 11.9 Å². The first-order valence-corrected chi connectivity index (χ1v) is 20.5. The topological polar surface area (TPSA) is 189 Å². The molecule has 1 aromatic rings. The van der Waals surface area contributed by atoms with Gasteiger partial charge in [-0.1, -0.05) is 43.7 Å². The molecule has 54 heavy (non-hydrogen) atoms. The van der Waals surface area contributed by atoms with E-state index in [9.17, 15) is 32.4 Å². The smallest absolute Gasteiger partial charge is 0.412 e. The molecule has 7 atom stereocenters. The number of nitrogens with zero attached hydrogens (tertiary/aromatic N) is 1. The number of aryl methyl sites for hydroxylation is 2. The first kappa shape index (κ1) is 41.3. The molecular formula is C38H54ClN5O9S. The van der Waals surface area contributed by atoms with E-state index in [2.05, 4.69) is 20.7 Å². The van der Waals surface area contributed by atoms with Crippen molar-refractivity contribution in [3.8, 4) is 0 Å². The van der Waals surface area contributed by atoms with Crippen LogP contribution in [-0.4, -0.2) is 83.8 Å². The van der Waals surface area contributed by atoms with E-state index < -0.39 is 85.8 Å². The maximum absolute atomic E-state index is 14.6. The summed E-state index contributed by atoms with van der Waals surface area (Å²) in [5.74, 6) is -2.92. The summed E-state index contributed by atoms with van der Waals surface area (Å²) in [4.78, 5) is 70.4. The monoisotopic (exact) mass is 791 g/mol. The number of hydrogen-bond donors (Lipinski definition) is 4. The first-order chi connectivity index (χ1) is 25.0. The zero-order valence-corrected chi connectivity index (χ0v) is 33.9. The van der Waals surface area contributed by atoms with Gasteiger partial charge in [-0.2, -0.15) is 0 Å². The number of carbonyl (C=O) groups is 5. The van der Waals surface area contributed by atoms with Crippen LogP contribution in [0.3, 0.4) is 0 Å². The first-order valence-electron chi connectivity index (χ1n) is 18.6. The molecule has 5 rings (SSSR count). The van der Waals surface area contributed by atoms with Crippen molar-refractivity contribution in [3.63, 3.8) is 0 Å². The number of nitrogens with one attached hydrogen (secondary N) is 4. The molecule has 1 saturated heterocycles. The molecule has 2 aliphatic heterocycles. The van der Waals surface area contributed by atoms with Gasteiger partial charge in [0.15, 0.2) is 0 Å². The van der Waals surface area contributed by atoms with Crippen LogP contribution in [0.25, 0.3) is 0 Å². The van der Waals surface area contributed by atoms with Crippen LogP contribution in [0, 0.1) is 31.6 Å².